The Morgan fingerprint density at radius 1 is 0.912 bits per heavy atom. The van der Waals surface area contributed by atoms with E-state index in [-0.39, 0.29) is 22.3 Å². The Balaban J connectivity index is 1.89. The van der Waals surface area contributed by atoms with E-state index < -0.39 is 23.5 Å². The SMILES string of the molecule is COc1ccc(C2/C(=C(\O)c3ccc(F)cc3)C(=O)C(=O)N2c2ccc(C(C)(C)C)cc2)cc1. The Hall–Kier alpha value is -3.93. The topological polar surface area (TPSA) is 66.8 Å². The van der Waals surface area contributed by atoms with Crippen molar-refractivity contribution in [3.05, 3.63) is 101 Å². The smallest absolute Gasteiger partial charge is 0.300 e. The number of carbonyl (C=O) groups is 2. The fourth-order valence-corrected chi connectivity index (χ4v) is 4.09. The Labute approximate surface area is 198 Å². The molecule has 0 bridgehead atoms. The molecular weight excluding hydrogens is 433 g/mol. The second kappa shape index (κ2) is 8.78. The summed E-state index contributed by atoms with van der Waals surface area (Å²) in [5.74, 6) is -1.75. The molecule has 0 saturated carbocycles. The maximum absolute atomic E-state index is 13.4. The van der Waals surface area contributed by atoms with Crippen molar-refractivity contribution >= 4 is 23.1 Å². The third kappa shape index (κ3) is 4.19. The molecule has 1 fully saturated rings. The van der Waals surface area contributed by atoms with Gasteiger partial charge in [0.1, 0.15) is 17.3 Å². The van der Waals surface area contributed by atoms with Crippen molar-refractivity contribution in [1.82, 2.24) is 0 Å². The lowest BCUT2D eigenvalue weighted by Gasteiger charge is -2.27. The van der Waals surface area contributed by atoms with Gasteiger partial charge in [-0.2, -0.15) is 0 Å². The van der Waals surface area contributed by atoms with Crippen molar-refractivity contribution in [2.45, 2.75) is 32.2 Å². The van der Waals surface area contributed by atoms with Crippen molar-refractivity contribution in [2.75, 3.05) is 12.0 Å². The van der Waals surface area contributed by atoms with Crippen molar-refractivity contribution < 1.29 is 23.8 Å². The number of ether oxygens (including phenoxy) is 1. The van der Waals surface area contributed by atoms with E-state index in [0.29, 0.717) is 17.0 Å². The summed E-state index contributed by atoms with van der Waals surface area (Å²) in [6, 6.07) is 18.7. The van der Waals surface area contributed by atoms with Crippen molar-refractivity contribution in [3.8, 4) is 5.75 Å². The van der Waals surface area contributed by atoms with Crippen LogP contribution in [0.1, 0.15) is 43.5 Å². The molecule has 0 aromatic heterocycles. The van der Waals surface area contributed by atoms with Crippen molar-refractivity contribution in [3.63, 3.8) is 0 Å². The molecule has 0 spiro atoms. The molecule has 1 aliphatic rings. The van der Waals surface area contributed by atoms with E-state index in [1.807, 2.05) is 12.1 Å². The molecule has 1 saturated heterocycles. The molecule has 1 N–H and O–H groups in total. The quantitative estimate of drug-likeness (QED) is 0.306. The van der Waals surface area contributed by atoms with E-state index >= 15 is 0 Å². The molecule has 3 aromatic rings. The average molecular weight is 460 g/mol. The molecule has 1 aliphatic heterocycles. The lowest BCUT2D eigenvalue weighted by Crippen LogP contribution is -2.29. The number of amides is 1. The van der Waals surface area contributed by atoms with Crippen LogP contribution in [0.15, 0.2) is 78.4 Å². The number of Topliss-reactive ketones (excluding diaryl/α,β-unsaturated/α-hetero) is 1. The number of methoxy groups -OCH3 is 1. The van der Waals surface area contributed by atoms with Gasteiger partial charge in [-0.1, -0.05) is 45.0 Å². The molecule has 3 aromatic carbocycles. The summed E-state index contributed by atoms with van der Waals surface area (Å²) in [6.45, 7) is 6.27. The molecule has 0 aliphatic carbocycles. The number of aliphatic hydroxyl groups excluding tert-OH is 1. The Morgan fingerprint density at radius 3 is 2.03 bits per heavy atom. The minimum absolute atomic E-state index is 0.0540. The fraction of sp³-hybridized carbons (Fsp3) is 0.214. The molecule has 1 heterocycles. The molecular formula is C28H26FNO4. The Morgan fingerprint density at radius 2 is 1.50 bits per heavy atom. The fourth-order valence-electron chi connectivity index (χ4n) is 4.09. The highest BCUT2D eigenvalue weighted by Crippen LogP contribution is 2.42. The van der Waals surface area contributed by atoms with E-state index in [0.717, 1.165) is 5.56 Å². The third-order valence-corrected chi connectivity index (χ3v) is 6.01. The molecule has 174 valence electrons. The average Bonchev–Trinajstić information content (AvgIpc) is 3.09. The van der Waals surface area contributed by atoms with Gasteiger partial charge in [-0.3, -0.25) is 14.5 Å². The van der Waals surface area contributed by atoms with Gasteiger partial charge in [0.25, 0.3) is 11.7 Å². The number of benzene rings is 3. The van der Waals surface area contributed by atoms with E-state index in [2.05, 4.69) is 20.8 Å². The van der Waals surface area contributed by atoms with Gasteiger partial charge < -0.3 is 9.84 Å². The predicted molar refractivity (Wildman–Crippen MR) is 129 cm³/mol. The lowest BCUT2D eigenvalue weighted by atomic mass is 9.87. The largest absolute Gasteiger partial charge is 0.507 e. The molecule has 6 heteroatoms. The second-order valence-corrected chi connectivity index (χ2v) is 9.25. The van der Waals surface area contributed by atoms with E-state index in [1.54, 1.807) is 43.5 Å². The molecule has 1 unspecified atom stereocenters. The summed E-state index contributed by atoms with van der Waals surface area (Å²) in [5, 5.41) is 11.1. The van der Waals surface area contributed by atoms with Crippen LogP contribution in [0.3, 0.4) is 0 Å². The second-order valence-electron chi connectivity index (χ2n) is 9.25. The number of anilines is 1. The number of hydrogen-bond donors (Lipinski definition) is 1. The Bertz CT molecular complexity index is 1250. The number of carbonyl (C=O) groups excluding carboxylic acids is 2. The summed E-state index contributed by atoms with van der Waals surface area (Å²) in [4.78, 5) is 27.8. The predicted octanol–water partition coefficient (Wildman–Crippen LogP) is 5.76. The number of nitrogens with zero attached hydrogens (tertiary/aromatic N) is 1. The first kappa shape index (κ1) is 23.2. The van der Waals surface area contributed by atoms with Gasteiger partial charge in [0.05, 0.1) is 18.7 Å². The lowest BCUT2D eigenvalue weighted by molar-refractivity contribution is -0.132. The highest BCUT2D eigenvalue weighted by Gasteiger charge is 2.47. The zero-order valence-corrected chi connectivity index (χ0v) is 19.5. The van der Waals surface area contributed by atoms with Gasteiger partial charge in [-0.15, -0.1) is 0 Å². The van der Waals surface area contributed by atoms with Gasteiger partial charge >= 0.3 is 0 Å². The van der Waals surface area contributed by atoms with Crippen LogP contribution in [-0.4, -0.2) is 23.9 Å². The zero-order chi connectivity index (χ0) is 24.6. The van der Waals surface area contributed by atoms with Crippen molar-refractivity contribution in [1.29, 1.82) is 0 Å². The number of rotatable bonds is 4. The highest BCUT2D eigenvalue weighted by molar-refractivity contribution is 6.51. The zero-order valence-electron chi connectivity index (χ0n) is 19.5. The maximum Gasteiger partial charge on any atom is 0.300 e. The first-order valence-electron chi connectivity index (χ1n) is 10.9. The number of ketones is 1. The van der Waals surface area contributed by atoms with Crippen LogP contribution >= 0.6 is 0 Å². The van der Waals surface area contributed by atoms with Gasteiger partial charge in [0, 0.05) is 11.3 Å². The Kier molecular flexibility index (Phi) is 6.00. The van der Waals surface area contributed by atoms with Gasteiger partial charge in [0.15, 0.2) is 0 Å². The van der Waals surface area contributed by atoms with E-state index in [1.165, 1.54) is 29.2 Å². The van der Waals surface area contributed by atoms with Crippen LogP contribution in [0.2, 0.25) is 0 Å². The molecule has 4 rings (SSSR count). The highest BCUT2D eigenvalue weighted by atomic mass is 19.1. The molecule has 5 nitrogen and oxygen atoms in total. The summed E-state index contributed by atoms with van der Waals surface area (Å²) in [6.07, 6.45) is 0. The summed E-state index contributed by atoms with van der Waals surface area (Å²) < 4.78 is 18.7. The van der Waals surface area contributed by atoms with Gasteiger partial charge in [0.2, 0.25) is 0 Å². The van der Waals surface area contributed by atoms with Crippen molar-refractivity contribution in [2.24, 2.45) is 0 Å². The molecule has 1 atom stereocenters. The molecule has 34 heavy (non-hydrogen) atoms. The van der Waals surface area contributed by atoms with Crippen LogP contribution in [0, 0.1) is 5.82 Å². The standard InChI is InChI=1S/C28H26FNO4/c1-28(2,3)19-9-13-21(14-10-19)30-24(17-7-15-22(34-4)16-8-17)23(26(32)27(30)33)25(31)18-5-11-20(29)12-6-18/h5-16,24,31H,1-4H3/b25-23+. The van der Waals surface area contributed by atoms with Crippen LogP contribution < -0.4 is 9.64 Å². The van der Waals surface area contributed by atoms with Crippen LogP contribution in [0.4, 0.5) is 10.1 Å². The minimum atomic E-state index is -0.864. The van der Waals surface area contributed by atoms with Crippen LogP contribution in [0.5, 0.6) is 5.75 Å². The number of hydrogen-bond acceptors (Lipinski definition) is 4. The summed E-state index contributed by atoms with van der Waals surface area (Å²) in [7, 11) is 1.55. The first-order chi connectivity index (χ1) is 16.1. The maximum atomic E-state index is 13.4. The van der Waals surface area contributed by atoms with Gasteiger partial charge in [-0.05, 0) is 65.1 Å². The normalized spacial score (nSPS) is 17.8. The molecule has 1 amide bonds. The number of aliphatic hydroxyl groups is 1. The summed E-state index contributed by atoms with van der Waals surface area (Å²) in [5.41, 5.74) is 2.37. The first-order valence-corrected chi connectivity index (χ1v) is 10.9. The van der Waals surface area contributed by atoms with E-state index in [4.69, 9.17) is 4.74 Å². The third-order valence-electron chi connectivity index (χ3n) is 6.01. The van der Waals surface area contributed by atoms with E-state index in [9.17, 15) is 19.1 Å². The monoisotopic (exact) mass is 459 g/mol. The van der Waals surface area contributed by atoms with Crippen LogP contribution in [-0.2, 0) is 15.0 Å². The summed E-state index contributed by atoms with van der Waals surface area (Å²) >= 11 is 0. The van der Waals surface area contributed by atoms with Gasteiger partial charge in [-0.25, -0.2) is 4.39 Å². The van der Waals surface area contributed by atoms with Crippen LogP contribution in [0.25, 0.3) is 5.76 Å². The number of halogens is 1. The molecule has 0 radical (unpaired) electrons. The minimum Gasteiger partial charge on any atom is -0.507 e.